The molecule has 1 aliphatic carbocycles. The summed E-state index contributed by atoms with van der Waals surface area (Å²) in [5.74, 6) is -1.70. The van der Waals surface area contributed by atoms with E-state index in [1.165, 1.54) is 7.11 Å². The van der Waals surface area contributed by atoms with E-state index in [9.17, 15) is 14.7 Å². The number of hydrogen-bond acceptors (Lipinski definition) is 4. The SMILES string of the molecule is COC(=O)C1CCCCC1CC(=O)[O-]. The fourth-order valence-corrected chi connectivity index (χ4v) is 2.13. The van der Waals surface area contributed by atoms with Gasteiger partial charge in [0.2, 0.25) is 0 Å². The summed E-state index contributed by atoms with van der Waals surface area (Å²) in [6.07, 6.45) is 3.47. The van der Waals surface area contributed by atoms with Crippen LogP contribution in [0.2, 0.25) is 0 Å². The van der Waals surface area contributed by atoms with Gasteiger partial charge >= 0.3 is 5.97 Å². The van der Waals surface area contributed by atoms with Gasteiger partial charge in [-0.15, -0.1) is 0 Å². The van der Waals surface area contributed by atoms with Crippen molar-refractivity contribution in [2.75, 3.05) is 7.11 Å². The maximum atomic E-state index is 11.3. The molecule has 2 unspecified atom stereocenters. The van der Waals surface area contributed by atoms with Crippen molar-refractivity contribution < 1.29 is 19.4 Å². The van der Waals surface area contributed by atoms with Crippen LogP contribution in [0.4, 0.5) is 0 Å². The van der Waals surface area contributed by atoms with Crippen molar-refractivity contribution in [1.82, 2.24) is 0 Å². The van der Waals surface area contributed by atoms with Crippen LogP contribution in [0.1, 0.15) is 32.1 Å². The summed E-state index contributed by atoms with van der Waals surface area (Å²) in [5, 5.41) is 10.5. The van der Waals surface area contributed by atoms with Crippen LogP contribution in [-0.4, -0.2) is 19.0 Å². The van der Waals surface area contributed by atoms with E-state index >= 15 is 0 Å². The van der Waals surface area contributed by atoms with Crippen LogP contribution >= 0.6 is 0 Å². The summed E-state index contributed by atoms with van der Waals surface area (Å²) in [7, 11) is 1.34. The van der Waals surface area contributed by atoms with Gasteiger partial charge in [0.25, 0.3) is 0 Å². The second kappa shape index (κ2) is 4.98. The molecular formula is C10H15O4-. The zero-order chi connectivity index (χ0) is 10.6. The highest BCUT2D eigenvalue weighted by Crippen LogP contribution is 2.32. The van der Waals surface area contributed by atoms with Crippen molar-refractivity contribution >= 4 is 11.9 Å². The lowest BCUT2D eigenvalue weighted by atomic mass is 9.77. The van der Waals surface area contributed by atoms with Crippen molar-refractivity contribution in [2.24, 2.45) is 11.8 Å². The zero-order valence-corrected chi connectivity index (χ0v) is 8.32. The number of carboxylic acids is 1. The summed E-state index contributed by atoms with van der Waals surface area (Å²) >= 11 is 0. The molecule has 1 saturated carbocycles. The number of aliphatic carboxylic acids is 1. The number of ether oxygens (including phenoxy) is 1. The monoisotopic (exact) mass is 199 g/mol. The lowest BCUT2D eigenvalue weighted by Crippen LogP contribution is -2.33. The maximum Gasteiger partial charge on any atom is 0.308 e. The molecule has 4 nitrogen and oxygen atoms in total. The average Bonchev–Trinajstić information content (AvgIpc) is 2.16. The van der Waals surface area contributed by atoms with Gasteiger partial charge < -0.3 is 14.6 Å². The topological polar surface area (TPSA) is 66.4 Å². The minimum absolute atomic E-state index is 0.0280. The van der Waals surface area contributed by atoms with E-state index in [2.05, 4.69) is 4.74 Å². The van der Waals surface area contributed by atoms with E-state index in [0.717, 1.165) is 25.7 Å². The first-order valence-electron chi connectivity index (χ1n) is 4.93. The zero-order valence-electron chi connectivity index (χ0n) is 8.32. The third-order valence-corrected chi connectivity index (χ3v) is 2.84. The van der Waals surface area contributed by atoms with Crippen LogP contribution < -0.4 is 5.11 Å². The third kappa shape index (κ3) is 2.72. The number of carbonyl (C=O) groups excluding carboxylic acids is 2. The molecule has 2 atom stereocenters. The van der Waals surface area contributed by atoms with Gasteiger partial charge in [0.15, 0.2) is 0 Å². The van der Waals surface area contributed by atoms with Crippen LogP contribution in [0.5, 0.6) is 0 Å². The van der Waals surface area contributed by atoms with Gasteiger partial charge in [-0.3, -0.25) is 4.79 Å². The Labute approximate surface area is 83.2 Å². The number of methoxy groups -OCH3 is 1. The summed E-state index contributed by atoms with van der Waals surface area (Å²) in [5.41, 5.74) is 0. The first kappa shape index (κ1) is 11.0. The Bertz CT molecular complexity index is 224. The van der Waals surface area contributed by atoms with Crippen molar-refractivity contribution in [3.05, 3.63) is 0 Å². The Balaban J connectivity index is 2.58. The number of carbonyl (C=O) groups is 2. The van der Waals surface area contributed by atoms with E-state index in [4.69, 9.17) is 0 Å². The first-order chi connectivity index (χ1) is 6.65. The number of rotatable bonds is 3. The van der Waals surface area contributed by atoms with Crippen molar-refractivity contribution in [3.8, 4) is 0 Å². The molecule has 1 fully saturated rings. The molecule has 0 heterocycles. The molecule has 1 rings (SSSR count). The molecule has 0 saturated heterocycles. The molecular weight excluding hydrogens is 184 g/mol. The van der Waals surface area contributed by atoms with E-state index in [0.29, 0.717) is 0 Å². The van der Waals surface area contributed by atoms with Crippen LogP contribution in [0.25, 0.3) is 0 Å². The number of hydrogen-bond donors (Lipinski definition) is 0. The summed E-state index contributed by atoms with van der Waals surface area (Å²) in [4.78, 5) is 21.8. The molecule has 0 aromatic rings. The summed E-state index contributed by atoms with van der Waals surface area (Å²) in [6.45, 7) is 0. The van der Waals surface area contributed by atoms with Gasteiger partial charge in [0, 0.05) is 5.97 Å². The van der Waals surface area contributed by atoms with E-state index in [1.54, 1.807) is 0 Å². The lowest BCUT2D eigenvalue weighted by Gasteiger charge is -2.29. The second-order valence-corrected chi connectivity index (χ2v) is 3.75. The Morgan fingerprint density at radius 3 is 2.57 bits per heavy atom. The molecule has 0 aromatic heterocycles. The molecule has 4 heteroatoms. The molecule has 0 spiro atoms. The first-order valence-corrected chi connectivity index (χ1v) is 4.93. The Morgan fingerprint density at radius 2 is 2.00 bits per heavy atom. The fourth-order valence-electron chi connectivity index (χ4n) is 2.13. The number of esters is 1. The van der Waals surface area contributed by atoms with Crippen LogP contribution in [0, 0.1) is 11.8 Å². The lowest BCUT2D eigenvalue weighted by molar-refractivity contribution is -0.307. The normalized spacial score (nSPS) is 26.9. The van der Waals surface area contributed by atoms with Crippen molar-refractivity contribution in [2.45, 2.75) is 32.1 Å². The molecule has 0 bridgehead atoms. The molecule has 14 heavy (non-hydrogen) atoms. The van der Waals surface area contributed by atoms with Gasteiger partial charge in [-0.25, -0.2) is 0 Å². The average molecular weight is 199 g/mol. The summed E-state index contributed by atoms with van der Waals surface area (Å²) < 4.78 is 4.65. The Kier molecular flexibility index (Phi) is 3.92. The molecule has 0 aromatic carbocycles. The highest BCUT2D eigenvalue weighted by molar-refractivity contribution is 5.74. The van der Waals surface area contributed by atoms with Gasteiger partial charge in [0.1, 0.15) is 0 Å². The predicted molar refractivity (Wildman–Crippen MR) is 47.1 cm³/mol. The minimum atomic E-state index is -1.08. The van der Waals surface area contributed by atoms with Crippen molar-refractivity contribution in [1.29, 1.82) is 0 Å². The predicted octanol–water partition coefficient (Wildman–Crippen LogP) is 0.106. The molecule has 0 amide bonds. The molecule has 0 aliphatic heterocycles. The summed E-state index contributed by atoms with van der Waals surface area (Å²) in [6, 6.07) is 0. The molecule has 1 aliphatic rings. The highest BCUT2D eigenvalue weighted by atomic mass is 16.5. The molecule has 0 N–H and O–H groups in total. The van der Waals surface area contributed by atoms with E-state index < -0.39 is 5.97 Å². The highest BCUT2D eigenvalue weighted by Gasteiger charge is 2.31. The smallest absolute Gasteiger partial charge is 0.308 e. The minimum Gasteiger partial charge on any atom is -0.550 e. The fraction of sp³-hybridized carbons (Fsp3) is 0.800. The van der Waals surface area contributed by atoms with Crippen LogP contribution in [0.15, 0.2) is 0 Å². The van der Waals surface area contributed by atoms with Gasteiger partial charge in [-0.05, 0) is 25.2 Å². The van der Waals surface area contributed by atoms with E-state index in [1.807, 2.05) is 0 Å². The standard InChI is InChI=1S/C10H16O4/c1-14-10(13)8-5-3-2-4-7(8)6-9(11)12/h7-8H,2-6H2,1H3,(H,11,12)/p-1. The Hall–Kier alpha value is -1.06. The molecule has 80 valence electrons. The quantitative estimate of drug-likeness (QED) is 0.605. The van der Waals surface area contributed by atoms with Crippen LogP contribution in [0.3, 0.4) is 0 Å². The van der Waals surface area contributed by atoms with Gasteiger partial charge in [-0.1, -0.05) is 12.8 Å². The molecule has 0 radical (unpaired) electrons. The third-order valence-electron chi connectivity index (χ3n) is 2.84. The van der Waals surface area contributed by atoms with Crippen molar-refractivity contribution in [3.63, 3.8) is 0 Å². The van der Waals surface area contributed by atoms with Gasteiger partial charge in [-0.2, -0.15) is 0 Å². The Morgan fingerprint density at radius 1 is 1.36 bits per heavy atom. The second-order valence-electron chi connectivity index (χ2n) is 3.75. The van der Waals surface area contributed by atoms with Gasteiger partial charge in [0.05, 0.1) is 13.0 Å². The van der Waals surface area contributed by atoms with Crippen LogP contribution in [-0.2, 0) is 14.3 Å². The largest absolute Gasteiger partial charge is 0.550 e. The van der Waals surface area contributed by atoms with E-state index in [-0.39, 0.29) is 24.2 Å². The number of carboxylic acid groups (broad SMARTS) is 1. The maximum absolute atomic E-state index is 11.3.